The molecule has 1 saturated carbocycles. The first-order valence-electron chi connectivity index (χ1n) is 7.98. The SMILES string of the molecule is CNS(=O)(=O)c1ccc(Cl)c(C(=O)NC2CCCCCCC2)c1. The third-order valence-corrected chi connectivity index (χ3v) is 5.94. The van der Waals surface area contributed by atoms with Gasteiger partial charge in [0, 0.05) is 6.04 Å². The van der Waals surface area contributed by atoms with Gasteiger partial charge in [0.2, 0.25) is 10.0 Å². The second-order valence-corrected chi connectivity index (χ2v) is 8.16. The van der Waals surface area contributed by atoms with E-state index in [0.29, 0.717) is 0 Å². The topological polar surface area (TPSA) is 75.3 Å². The van der Waals surface area contributed by atoms with Crippen LogP contribution in [0, 0.1) is 0 Å². The van der Waals surface area contributed by atoms with E-state index in [1.54, 1.807) is 0 Å². The fourth-order valence-electron chi connectivity index (χ4n) is 2.83. The summed E-state index contributed by atoms with van der Waals surface area (Å²) in [5.74, 6) is -0.311. The lowest BCUT2D eigenvalue weighted by Gasteiger charge is -2.21. The molecule has 1 aliphatic carbocycles. The van der Waals surface area contributed by atoms with Crippen LogP contribution in [-0.4, -0.2) is 27.4 Å². The van der Waals surface area contributed by atoms with Crippen molar-refractivity contribution in [2.75, 3.05) is 7.05 Å². The summed E-state index contributed by atoms with van der Waals surface area (Å²) in [5, 5.41) is 3.25. The summed E-state index contributed by atoms with van der Waals surface area (Å²) in [6, 6.07) is 4.29. The zero-order valence-electron chi connectivity index (χ0n) is 13.3. The first-order chi connectivity index (χ1) is 10.9. The highest BCUT2D eigenvalue weighted by molar-refractivity contribution is 7.89. The Labute approximate surface area is 142 Å². The van der Waals surface area contributed by atoms with Crippen molar-refractivity contribution in [3.63, 3.8) is 0 Å². The molecule has 1 aliphatic rings. The fraction of sp³-hybridized carbons (Fsp3) is 0.562. The van der Waals surface area contributed by atoms with Crippen LogP contribution in [0.1, 0.15) is 55.3 Å². The molecular formula is C16H23ClN2O3S. The van der Waals surface area contributed by atoms with Gasteiger partial charge in [-0.15, -0.1) is 0 Å². The third-order valence-electron chi connectivity index (χ3n) is 4.20. The van der Waals surface area contributed by atoms with Gasteiger partial charge in [-0.05, 0) is 38.1 Å². The quantitative estimate of drug-likeness (QED) is 0.868. The molecule has 1 aromatic rings. The van der Waals surface area contributed by atoms with Crippen LogP contribution in [0.25, 0.3) is 0 Å². The summed E-state index contributed by atoms with van der Waals surface area (Å²) >= 11 is 6.08. The molecule has 7 heteroatoms. The Morgan fingerprint density at radius 3 is 2.35 bits per heavy atom. The van der Waals surface area contributed by atoms with Crippen molar-refractivity contribution < 1.29 is 13.2 Å². The van der Waals surface area contributed by atoms with Gasteiger partial charge < -0.3 is 5.32 Å². The Kier molecular flexibility index (Phi) is 6.44. The van der Waals surface area contributed by atoms with Gasteiger partial charge in [0.15, 0.2) is 0 Å². The van der Waals surface area contributed by atoms with Crippen molar-refractivity contribution >= 4 is 27.5 Å². The number of hydrogen-bond donors (Lipinski definition) is 2. The molecule has 0 aliphatic heterocycles. The zero-order chi connectivity index (χ0) is 16.9. The Balaban J connectivity index is 2.16. The Bertz CT molecular complexity index is 653. The largest absolute Gasteiger partial charge is 0.349 e. The van der Waals surface area contributed by atoms with Gasteiger partial charge in [-0.25, -0.2) is 13.1 Å². The van der Waals surface area contributed by atoms with Crippen LogP contribution in [0.3, 0.4) is 0 Å². The standard InChI is InChI=1S/C16H23ClN2O3S/c1-18-23(21,22)13-9-10-15(17)14(11-13)16(20)19-12-7-5-3-2-4-6-8-12/h9-12,18H,2-8H2,1H3,(H,19,20). The third kappa shape index (κ3) is 4.93. The van der Waals surface area contributed by atoms with Gasteiger partial charge in [0.1, 0.15) is 0 Å². The smallest absolute Gasteiger partial charge is 0.253 e. The van der Waals surface area contributed by atoms with E-state index >= 15 is 0 Å². The second-order valence-electron chi connectivity index (χ2n) is 5.86. The molecule has 128 valence electrons. The minimum absolute atomic E-state index is 0.0345. The maximum Gasteiger partial charge on any atom is 0.253 e. The van der Waals surface area contributed by atoms with E-state index in [9.17, 15) is 13.2 Å². The predicted octanol–water partition coefficient (Wildman–Crippen LogP) is 3.09. The number of hydrogen-bond acceptors (Lipinski definition) is 3. The number of halogens is 1. The van der Waals surface area contributed by atoms with E-state index in [2.05, 4.69) is 10.0 Å². The highest BCUT2D eigenvalue weighted by Gasteiger charge is 2.20. The lowest BCUT2D eigenvalue weighted by molar-refractivity contribution is 0.0930. The van der Waals surface area contributed by atoms with Gasteiger partial charge in [-0.2, -0.15) is 0 Å². The van der Waals surface area contributed by atoms with E-state index in [1.807, 2.05) is 0 Å². The number of carbonyl (C=O) groups is 1. The molecule has 2 rings (SSSR count). The zero-order valence-corrected chi connectivity index (χ0v) is 14.8. The van der Waals surface area contributed by atoms with Gasteiger partial charge in [-0.3, -0.25) is 4.79 Å². The summed E-state index contributed by atoms with van der Waals surface area (Å²) in [6.45, 7) is 0. The lowest BCUT2D eigenvalue weighted by Crippen LogP contribution is -2.35. The lowest BCUT2D eigenvalue weighted by atomic mass is 9.96. The van der Waals surface area contributed by atoms with Crippen molar-refractivity contribution in [2.45, 2.75) is 55.9 Å². The van der Waals surface area contributed by atoms with Gasteiger partial charge in [0.25, 0.3) is 5.91 Å². The summed E-state index contributed by atoms with van der Waals surface area (Å²) in [4.78, 5) is 12.5. The van der Waals surface area contributed by atoms with E-state index in [4.69, 9.17) is 11.6 Å². The van der Waals surface area contributed by atoms with Gasteiger partial charge >= 0.3 is 0 Å². The number of rotatable bonds is 4. The van der Waals surface area contributed by atoms with E-state index < -0.39 is 10.0 Å². The molecule has 0 aromatic heterocycles. The molecule has 0 radical (unpaired) electrons. The predicted molar refractivity (Wildman–Crippen MR) is 91.3 cm³/mol. The maximum absolute atomic E-state index is 12.5. The first-order valence-corrected chi connectivity index (χ1v) is 9.84. The number of benzene rings is 1. The molecule has 1 amide bonds. The molecule has 1 fully saturated rings. The summed E-state index contributed by atoms with van der Waals surface area (Å²) in [6.07, 6.45) is 7.78. The van der Waals surface area contributed by atoms with Crippen LogP contribution in [-0.2, 0) is 10.0 Å². The normalized spacial score (nSPS) is 17.3. The maximum atomic E-state index is 12.5. The number of nitrogens with one attached hydrogen (secondary N) is 2. The molecular weight excluding hydrogens is 336 g/mol. The molecule has 0 bridgehead atoms. The van der Waals surface area contributed by atoms with Crippen molar-refractivity contribution in [2.24, 2.45) is 0 Å². The van der Waals surface area contributed by atoms with Crippen molar-refractivity contribution in [3.8, 4) is 0 Å². The fourth-order valence-corrected chi connectivity index (χ4v) is 3.79. The molecule has 0 spiro atoms. The molecule has 0 unspecified atom stereocenters. The second kappa shape index (κ2) is 8.13. The van der Waals surface area contributed by atoms with Crippen LogP contribution in [0.5, 0.6) is 0 Å². The van der Waals surface area contributed by atoms with Crippen LogP contribution >= 0.6 is 11.6 Å². The molecule has 23 heavy (non-hydrogen) atoms. The molecule has 0 saturated heterocycles. The van der Waals surface area contributed by atoms with Gasteiger partial charge in [-0.1, -0.05) is 43.7 Å². The number of sulfonamides is 1. The average Bonchev–Trinajstić information content (AvgIpc) is 2.50. The molecule has 5 nitrogen and oxygen atoms in total. The summed E-state index contributed by atoms with van der Waals surface area (Å²) in [7, 11) is -2.27. The van der Waals surface area contributed by atoms with E-state index in [1.165, 1.54) is 44.5 Å². The van der Waals surface area contributed by atoms with E-state index in [0.717, 1.165) is 25.7 Å². The van der Waals surface area contributed by atoms with Crippen molar-refractivity contribution in [3.05, 3.63) is 28.8 Å². The summed E-state index contributed by atoms with van der Waals surface area (Å²) < 4.78 is 26.0. The molecule has 0 heterocycles. The number of amides is 1. The summed E-state index contributed by atoms with van der Waals surface area (Å²) in [5.41, 5.74) is 0.199. The molecule has 2 N–H and O–H groups in total. The average molecular weight is 359 g/mol. The van der Waals surface area contributed by atoms with Crippen LogP contribution in [0.4, 0.5) is 0 Å². The molecule has 1 aromatic carbocycles. The van der Waals surface area contributed by atoms with Crippen LogP contribution < -0.4 is 10.0 Å². The first kappa shape index (κ1) is 18.2. The number of carbonyl (C=O) groups excluding carboxylic acids is 1. The Morgan fingerprint density at radius 2 is 1.74 bits per heavy atom. The monoisotopic (exact) mass is 358 g/mol. The highest BCUT2D eigenvalue weighted by atomic mass is 35.5. The minimum Gasteiger partial charge on any atom is -0.349 e. The van der Waals surface area contributed by atoms with Crippen LogP contribution in [0.2, 0.25) is 5.02 Å². The Morgan fingerprint density at radius 1 is 1.13 bits per heavy atom. The van der Waals surface area contributed by atoms with Crippen molar-refractivity contribution in [1.29, 1.82) is 0 Å². The van der Waals surface area contributed by atoms with Gasteiger partial charge in [0.05, 0.1) is 15.5 Å². The molecule has 0 atom stereocenters. The van der Waals surface area contributed by atoms with E-state index in [-0.39, 0.29) is 27.4 Å². The van der Waals surface area contributed by atoms with Crippen molar-refractivity contribution in [1.82, 2.24) is 10.0 Å². The minimum atomic E-state index is -3.60. The Hall–Kier alpha value is -1.11. The highest BCUT2D eigenvalue weighted by Crippen LogP contribution is 2.22. The van der Waals surface area contributed by atoms with Crippen LogP contribution in [0.15, 0.2) is 23.1 Å².